The lowest BCUT2D eigenvalue weighted by Gasteiger charge is -2.30. The summed E-state index contributed by atoms with van der Waals surface area (Å²) in [5.41, 5.74) is 4.28. The number of hydrogen-bond donors (Lipinski definition) is 3. The Morgan fingerprint density at radius 1 is 0.939 bits per heavy atom. The van der Waals surface area contributed by atoms with Gasteiger partial charge in [-0.15, -0.1) is 0 Å². The van der Waals surface area contributed by atoms with Gasteiger partial charge in [0.15, 0.2) is 5.78 Å². The lowest BCUT2D eigenvalue weighted by atomic mass is 9.91. The molecule has 168 valence electrons. The zero-order valence-electron chi connectivity index (χ0n) is 18.8. The third-order valence-electron chi connectivity index (χ3n) is 6.61. The molecular weight excluding hydrogens is 410 g/mol. The van der Waals surface area contributed by atoms with Crippen molar-refractivity contribution < 1.29 is 4.79 Å². The van der Waals surface area contributed by atoms with Crippen molar-refractivity contribution in [2.75, 3.05) is 5.32 Å². The number of hydrogen-bond acceptors (Lipinski definition) is 5. The molecule has 4 aromatic rings. The molecular formula is C27H29N5O. The van der Waals surface area contributed by atoms with Crippen LogP contribution in [0.5, 0.6) is 0 Å². The first kappa shape index (κ1) is 21.3. The summed E-state index contributed by atoms with van der Waals surface area (Å²) in [6, 6.07) is 19.1. The number of nitrogens with one attached hydrogen (secondary N) is 3. The zero-order valence-corrected chi connectivity index (χ0v) is 18.8. The molecule has 0 atom stereocenters. The number of benzene rings is 2. The fourth-order valence-electron chi connectivity index (χ4n) is 4.72. The number of carbonyl (C=O) groups is 1. The Hall–Kier alpha value is -3.51. The van der Waals surface area contributed by atoms with Crippen molar-refractivity contribution in [3.63, 3.8) is 0 Å². The van der Waals surface area contributed by atoms with Crippen LogP contribution in [0.2, 0.25) is 0 Å². The highest BCUT2D eigenvalue weighted by Crippen LogP contribution is 2.29. The molecule has 1 aliphatic carbocycles. The van der Waals surface area contributed by atoms with E-state index < -0.39 is 0 Å². The van der Waals surface area contributed by atoms with Crippen LogP contribution < -0.4 is 10.6 Å². The summed E-state index contributed by atoms with van der Waals surface area (Å²) in [6.07, 6.45) is 7.65. The molecule has 5 rings (SSSR count). The van der Waals surface area contributed by atoms with E-state index in [0.717, 1.165) is 49.0 Å². The van der Waals surface area contributed by atoms with E-state index in [1.54, 1.807) is 12.5 Å². The Balaban J connectivity index is 1.28. The highest BCUT2D eigenvalue weighted by atomic mass is 16.1. The van der Waals surface area contributed by atoms with Gasteiger partial charge >= 0.3 is 0 Å². The Morgan fingerprint density at radius 2 is 1.67 bits per heavy atom. The Labute approximate surface area is 193 Å². The van der Waals surface area contributed by atoms with Gasteiger partial charge in [0.2, 0.25) is 0 Å². The smallest absolute Gasteiger partial charge is 0.195 e. The molecule has 2 aromatic heterocycles. The molecule has 1 fully saturated rings. The first-order valence-corrected chi connectivity index (χ1v) is 11.7. The minimum absolute atomic E-state index is 0.00831. The molecule has 1 aliphatic rings. The number of H-pyrrole nitrogens is 1. The average molecular weight is 440 g/mol. The number of carbonyl (C=O) groups excluding carboxylic acids is 1. The van der Waals surface area contributed by atoms with E-state index in [-0.39, 0.29) is 5.78 Å². The van der Waals surface area contributed by atoms with Crippen LogP contribution in [0.15, 0.2) is 67.1 Å². The average Bonchev–Trinajstić information content (AvgIpc) is 3.29. The third kappa shape index (κ3) is 4.66. The lowest BCUT2D eigenvalue weighted by molar-refractivity contribution is 0.103. The van der Waals surface area contributed by atoms with E-state index in [0.29, 0.717) is 28.9 Å². The molecule has 0 saturated heterocycles. The first-order chi connectivity index (χ1) is 16.2. The fraction of sp³-hybridized carbons (Fsp3) is 0.296. The Morgan fingerprint density at radius 3 is 2.45 bits per heavy atom. The summed E-state index contributed by atoms with van der Waals surface area (Å²) in [5.74, 6) is 0.727. The quantitative estimate of drug-likeness (QED) is 0.353. The van der Waals surface area contributed by atoms with E-state index in [9.17, 15) is 4.79 Å². The number of aromatic amines is 1. The van der Waals surface area contributed by atoms with E-state index in [2.05, 4.69) is 55.9 Å². The van der Waals surface area contributed by atoms with Crippen LogP contribution in [0.25, 0.3) is 11.0 Å². The molecule has 2 heterocycles. The van der Waals surface area contributed by atoms with Gasteiger partial charge in [-0.2, -0.15) is 0 Å². The standard InChI is InChI=1S/C27H29N5O/c1-18-7-5-6-10-22(18)25(33)23-16-29-26-24(23)27(31-17-30-26)32-21-13-11-20(12-14-21)28-15-19-8-3-2-4-9-19/h2-10,16-17,20-21,28H,11-15H2,1H3,(H2,29,30,31,32). The second kappa shape index (κ2) is 9.55. The van der Waals surface area contributed by atoms with Crippen molar-refractivity contribution in [1.82, 2.24) is 20.3 Å². The summed E-state index contributed by atoms with van der Waals surface area (Å²) in [4.78, 5) is 25.3. The number of aryl methyl sites for hydroxylation is 1. The molecule has 3 N–H and O–H groups in total. The minimum atomic E-state index is -0.00831. The molecule has 0 amide bonds. The Bertz CT molecular complexity index is 1240. The van der Waals surface area contributed by atoms with E-state index >= 15 is 0 Å². The van der Waals surface area contributed by atoms with Crippen molar-refractivity contribution in [2.24, 2.45) is 0 Å². The zero-order chi connectivity index (χ0) is 22.6. The molecule has 33 heavy (non-hydrogen) atoms. The van der Waals surface area contributed by atoms with E-state index in [1.807, 2.05) is 31.2 Å². The summed E-state index contributed by atoms with van der Waals surface area (Å²) in [7, 11) is 0. The number of rotatable bonds is 7. The van der Waals surface area contributed by atoms with Gasteiger partial charge in [-0.1, -0.05) is 54.6 Å². The maximum Gasteiger partial charge on any atom is 0.195 e. The van der Waals surface area contributed by atoms with Crippen molar-refractivity contribution in [1.29, 1.82) is 0 Å². The molecule has 0 bridgehead atoms. The SMILES string of the molecule is Cc1ccccc1C(=O)c1c[nH]c2ncnc(NC3CCC(NCc4ccccc4)CC3)c12. The molecule has 0 spiro atoms. The molecule has 2 aromatic carbocycles. The second-order valence-corrected chi connectivity index (χ2v) is 8.85. The number of fused-ring (bicyclic) bond motifs is 1. The van der Waals surface area contributed by atoms with E-state index in [4.69, 9.17) is 0 Å². The molecule has 0 unspecified atom stereocenters. The Kier molecular flexibility index (Phi) is 6.17. The fourth-order valence-corrected chi connectivity index (χ4v) is 4.72. The number of aromatic nitrogens is 3. The van der Waals surface area contributed by atoms with Crippen LogP contribution in [0.3, 0.4) is 0 Å². The van der Waals surface area contributed by atoms with Crippen LogP contribution in [0, 0.1) is 6.92 Å². The maximum absolute atomic E-state index is 13.3. The van der Waals surface area contributed by atoms with Crippen LogP contribution in [0.4, 0.5) is 5.82 Å². The molecule has 0 radical (unpaired) electrons. The number of ketones is 1. The lowest BCUT2D eigenvalue weighted by Crippen LogP contribution is -2.36. The van der Waals surface area contributed by atoms with Gasteiger partial charge in [-0.05, 0) is 43.7 Å². The van der Waals surface area contributed by atoms with Gasteiger partial charge in [0.1, 0.15) is 17.8 Å². The predicted octanol–water partition coefficient (Wildman–Crippen LogP) is 5.01. The third-order valence-corrected chi connectivity index (χ3v) is 6.61. The molecule has 6 heteroatoms. The normalized spacial score (nSPS) is 18.3. The van der Waals surface area contributed by atoms with Crippen molar-refractivity contribution >= 4 is 22.6 Å². The molecule has 0 aliphatic heterocycles. The summed E-state index contributed by atoms with van der Waals surface area (Å²) in [5, 5.41) is 8.08. The van der Waals surface area contributed by atoms with E-state index in [1.165, 1.54) is 5.56 Å². The highest BCUT2D eigenvalue weighted by Gasteiger charge is 2.24. The van der Waals surface area contributed by atoms with Crippen LogP contribution in [-0.2, 0) is 6.54 Å². The predicted molar refractivity (Wildman–Crippen MR) is 131 cm³/mol. The first-order valence-electron chi connectivity index (χ1n) is 11.7. The van der Waals surface area contributed by atoms with Gasteiger partial charge in [0.05, 0.1) is 10.9 Å². The van der Waals surface area contributed by atoms with Gasteiger partial charge in [0, 0.05) is 30.4 Å². The highest BCUT2D eigenvalue weighted by molar-refractivity contribution is 6.18. The number of nitrogens with zero attached hydrogens (tertiary/aromatic N) is 2. The van der Waals surface area contributed by atoms with Gasteiger partial charge < -0.3 is 15.6 Å². The van der Waals surface area contributed by atoms with Gasteiger partial charge in [-0.3, -0.25) is 4.79 Å². The van der Waals surface area contributed by atoms with Crippen LogP contribution >= 0.6 is 0 Å². The van der Waals surface area contributed by atoms with Crippen molar-refractivity contribution in [2.45, 2.75) is 51.2 Å². The summed E-state index contributed by atoms with van der Waals surface area (Å²) in [6.45, 7) is 2.87. The van der Waals surface area contributed by atoms with Gasteiger partial charge in [-0.25, -0.2) is 9.97 Å². The summed E-state index contributed by atoms with van der Waals surface area (Å²) >= 11 is 0. The van der Waals surface area contributed by atoms with Gasteiger partial charge in [0.25, 0.3) is 0 Å². The summed E-state index contributed by atoms with van der Waals surface area (Å²) < 4.78 is 0. The van der Waals surface area contributed by atoms with Crippen LogP contribution in [-0.4, -0.2) is 32.8 Å². The minimum Gasteiger partial charge on any atom is -0.367 e. The topological polar surface area (TPSA) is 82.7 Å². The monoisotopic (exact) mass is 439 g/mol. The van der Waals surface area contributed by atoms with Crippen LogP contribution in [0.1, 0.15) is 52.7 Å². The molecule has 6 nitrogen and oxygen atoms in total. The second-order valence-electron chi connectivity index (χ2n) is 8.85. The largest absolute Gasteiger partial charge is 0.367 e. The maximum atomic E-state index is 13.3. The van der Waals surface area contributed by atoms with Crippen molar-refractivity contribution in [3.05, 3.63) is 89.4 Å². The number of anilines is 1. The molecule has 1 saturated carbocycles. The van der Waals surface area contributed by atoms with Crippen molar-refractivity contribution in [3.8, 4) is 0 Å².